The van der Waals surface area contributed by atoms with Gasteiger partial charge in [0, 0.05) is 0 Å². The minimum atomic E-state index is -0.534. The molecule has 0 aliphatic carbocycles. The van der Waals surface area contributed by atoms with Gasteiger partial charge in [-0.3, -0.25) is 0 Å². The zero-order valence-electron chi connectivity index (χ0n) is 18.7. The minimum Gasteiger partial charge on any atom is -0.424 e. The van der Waals surface area contributed by atoms with Crippen LogP contribution >= 0.6 is 0 Å². The number of carbonyl (C=O) groups excluding carboxylic acids is 2. The second kappa shape index (κ2) is 8.58. The summed E-state index contributed by atoms with van der Waals surface area (Å²) < 4.78 is 11.0. The van der Waals surface area contributed by atoms with Crippen molar-refractivity contribution >= 4 is 55.0 Å². The third kappa shape index (κ3) is 3.65. The van der Waals surface area contributed by atoms with Crippen LogP contribution in [0.3, 0.4) is 0 Å². The van der Waals surface area contributed by atoms with Crippen molar-refractivity contribution in [2.45, 2.75) is 0 Å². The molecule has 0 aliphatic rings. The topological polar surface area (TPSA) is 52.6 Å². The lowest BCUT2D eigenvalue weighted by molar-refractivity contribution is -0.0162. The van der Waals surface area contributed by atoms with Crippen LogP contribution < -0.4 is 0 Å². The number of esters is 2. The van der Waals surface area contributed by atoms with Gasteiger partial charge >= 0.3 is 11.9 Å². The van der Waals surface area contributed by atoms with Gasteiger partial charge in [-0.2, -0.15) is 0 Å². The van der Waals surface area contributed by atoms with Gasteiger partial charge in [0.15, 0.2) is 0 Å². The molecule has 0 aromatic heterocycles. The number of hydrogen-bond donors (Lipinski definition) is 0. The maximum atomic E-state index is 13.2. The van der Waals surface area contributed by atoms with Crippen molar-refractivity contribution < 1.29 is 19.1 Å². The standard InChI is InChI=1S/C31H20O4/c32-30(28-24-13-5-1-9-20(24)17-21-10-2-6-14-25(21)28)34-19-35-31(33)29-26-15-7-3-11-22(26)18-23-12-4-8-16-27(23)29/h1-18H,19H2. The van der Waals surface area contributed by atoms with E-state index < -0.39 is 18.7 Å². The first-order valence-electron chi connectivity index (χ1n) is 11.4. The minimum absolute atomic E-state index is 0.463. The molecule has 0 aliphatic heterocycles. The van der Waals surface area contributed by atoms with Crippen LogP contribution in [-0.4, -0.2) is 18.7 Å². The molecular formula is C31H20O4. The largest absolute Gasteiger partial charge is 0.424 e. The molecule has 0 saturated heterocycles. The number of carbonyl (C=O) groups is 2. The van der Waals surface area contributed by atoms with E-state index in [1.165, 1.54) is 0 Å². The van der Waals surface area contributed by atoms with E-state index in [9.17, 15) is 9.59 Å². The summed E-state index contributed by atoms with van der Waals surface area (Å²) in [7, 11) is 0. The molecule has 0 N–H and O–H groups in total. The number of rotatable bonds is 4. The van der Waals surface area contributed by atoms with E-state index in [1.807, 2.05) is 109 Å². The molecule has 0 atom stereocenters. The van der Waals surface area contributed by atoms with Gasteiger partial charge < -0.3 is 9.47 Å². The van der Waals surface area contributed by atoms with Crippen LogP contribution in [0.1, 0.15) is 20.7 Å². The zero-order chi connectivity index (χ0) is 23.8. The quantitative estimate of drug-likeness (QED) is 0.159. The van der Waals surface area contributed by atoms with Gasteiger partial charge in [-0.25, -0.2) is 9.59 Å². The van der Waals surface area contributed by atoms with E-state index in [-0.39, 0.29) is 0 Å². The Hall–Kier alpha value is -4.70. The fourth-order valence-corrected chi connectivity index (χ4v) is 4.75. The molecule has 35 heavy (non-hydrogen) atoms. The SMILES string of the molecule is O=C(OCOC(=O)c1c2ccccc2cc2ccccc12)c1c2ccccc2cc2ccccc12. The molecule has 6 aromatic carbocycles. The molecule has 0 saturated carbocycles. The van der Waals surface area contributed by atoms with Crippen molar-refractivity contribution in [2.24, 2.45) is 0 Å². The van der Waals surface area contributed by atoms with Gasteiger partial charge in [-0.05, 0) is 55.2 Å². The molecule has 0 unspecified atom stereocenters. The highest BCUT2D eigenvalue weighted by atomic mass is 16.7. The number of fused-ring (bicyclic) bond motifs is 4. The van der Waals surface area contributed by atoms with Crippen LogP contribution in [0.5, 0.6) is 0 Å². The molecule has 0 heterocycles. The summed E-state index contributed by atoms with van der Waals surface area (Å²) in [4.78, 5) is 26.4. The van der Waals surface area contributed by atoms with Gasteiger partial charge in [0.05, 0.1) is 11.1 Å². The molecule has 6 rings (SSSR count). The monoisotopic (exact) mass is 456 g/mol. The highest BCUT2D eigenvalue weighted by Gasteiger charge is 2.19. The molecule has 0 fully saturated rings. The number of hydrogen-bond acceptors (Lipinski definition) is 4. The van der Waals surface area contributed by atoms with Crippen LogP contribution in [0.15, 0.2) is 109 Å². The Bertz CT molecular complexity index is 1530. The first-order valence-corrected chi connectivity index (χ1v) is 11.4. The smallest absolute Gasteiger partial charge is 0.342 e. The Morgan fingerprint density at radius 1 is 0.457 bits per heavy atom. The molecule has 6 aromatic rings. The van der Waals surface area contributed by atoms with E-state index in [0.29, 0.717) is 11.1 Å². The van der Waals surface area contributed by atoms with E-state index in [4.69, 9.17) is 9.47 Å². The third-order valence-electron chi connectivity index (χ3n) is 6.33. The van der Waals surface area contributed by atoms with Crippen LogP contribution in [0.25, 0.3) is 43.1 Å². The molecule has 4 nitrogen and oxygen atoms in total. The predicted molar refractivity (Wildman–Crippen MR) is 139 cm³/mol. The van der Waals surface area contributed by atoms with Gasteiger partial charge in [-0.15, -0.1) is 0 Å². The van der Waals surface area contributed by atoms with Crippen molar-refractivity contribution in [3.63, 3.8) is 0 Å². The van der Waals surface area contributed by atoms with Crippen molar-refractivity contribution in [3.05, 3.63) is 120 Å². The Morgan fingerprint density at radius 2 is 0.743 bits per heavy atom. The third-order valence-corrected chi connectivity index (χ3v) is 6.33. The van der Waals surface area contributed by atoms with Gasteiger partial charge in [0.25, 0.3) is 0 Å². The van der Waals surface area contributed by atoms with E-state index in [1.54, 1.807) is 0 Å². The second-order valence-electron chi connectivity index (χ2n) is 8.37. The van der Waals surface area contributed by atoms with Crippen molar-refractivity contribution in [2.75, 3.05) is 6.79 Å². The number of benzene rings is 6. The maximum absolute atomic E-state index is 13.2. The van der Waals surface area contributed by atoms with E-state index in [2.05, 4.69) is 0 Å². The van der Waals surface area contributed by atoms with Crippen molar-refractivity contribution in [1.82, 2.24) is 0 Å². The summed E-state index contributed by atoms with van der Waals surface area (Å²) in [6.07, 6.45) is 0. The van der Waals surface area contributed by atoms with Crippen LogP contribution in [-0.2, 0) is 9.47 Å². The lowest BCUT2D eigenvalue weighted by atomic mass is 9.97. The fraction of sp³-hybridized carbons (Fsp3) is 0.0323. The Kier molecular flexibility index (Phi) is 5.12. The zero-order valence-corrected chi connectivity index (χ0v) is 18.7. The molecule has 0 amide bonds. The van der Waals surface area contributed by atoms with Crippen LogP contribution in [0, 0.1) is 0 Å². The maximum Gasteiger partial charge on any atom is 0.342 e. The summed E-state index contributed by atoms with van der Waals surface area (Å²) in [6, 6.07) is 34.8. The van der Waals surface area contributed by atoms with E-state index >= 15 is 0 Å². The average molecular weight is 456 g/mol. The van der Waals surface area contributed by atoms with E-state index in [0.717, 1.165) is 43.1 Å². The summed E-state index contributed by atoms with van der Waals surface area (Å²) in [5, 5.41) is 6.94. The van der Waals surface area contributed by atoms with Crippen molar-refractivity contribution in [3.8, 4) is 0 Å². The first-order chi connectivity index (χ1) is 17.2. The molecule has 0 spiro atoms. The molecule has 168 valence electrons. The highest BCUT2D eigenvalue weighted by Crippen LogP contribution is 2.30. The Morgan fingerprint density at radius 3 is 1.06 bits per heavy atom. The van der Waals surface area contributed by atoms with Gasteiger partial charge in [0.2, 0.25) is 6.79 Å². The second-order valence-corrected chi connectivity index (χ2v) is 8.37. The molecular weight excluding hydrogens is 436 g/mol. The summed E-state index contributed by atoms with van der Waals surface area (Å²) in [5.74, 6) is -1.07. The molecule has 0 radical (unpaired) electrons. The summed E-state index contributed by atoms with van der Waals surface area (Å²) >= 11 is 0. The summed E-state index contributed by atoms with van der Waals surface area (Å²) in [5.41, 5.74) is 0.927. The number of ether oxygens (including phenoxy) is 2. The van der Waals surface area contributed by atoms with Crippen LogP contribution in [0.4, 0.5) is 0 Å². The van der Waals surface area contributed by atoms with Gasteiger partial charge in [0.1, 0.15) is 0 Å². The van der Waals surface area contributed by atoms with Crippen molar-refractivity contribution in [1.29, 1.82) is 0 Å². The highest BCUT2D eigenvalue weighted by molar-refractivity contribution is 6.17. The lowest BCUT2D eigenvalue weighted by Gasteiger charge is -2.13. The average Bonchev–Trinajstić information content (AvgIpc) is 2.90. The molecule has 0 bridgehead atoms. The Balaban J connectivity index is 1.31. The lowest BCUT2D eigenvalue weighted by Crippen LogP contribution is -2.14. The Labute approximate surface area is 201 Å². The first kappa shape index (κ1) is 20.9. The predicted octanol–water partition coefficient (Wildman–Crippen LogP) is 7.27. The van der Waals surface area contributed by atoms with Crippen LogP contribution in [0.2, 0.25) is 0 Å². The molecule has 4 heteroatoms. The normalized spacial score (nSPS) is 11.2. The van der Waals surface area contributed by atoms with Gasteiger partial charge in [-0.1, -0.05) is 97.1 Å². The summed E-state index contributed by atoms with van der Waals surface area (Å²) in [6.45, 7) is -0.479. The fourth-order valence-electron chi connectivity index (χ4n) is 4.75.